The molecule has 1 saturated heterocycles. The summed E-state index contributed by atoms with van der Waals surface area (Å²) in [5.41, 5.74) is 0. The highest BCUT2D eigenvalue weighted by Gasteiger charge is 2.35. The van der Waals surface area contributed by atoms with Crippen molar-refractivity contribution in [2.75, 3.05) is 0 Å². The predicted molar refractivity (Wildman–Crippen MR) is 51.5 cm³/mol. The minimum absolute atomic E-state index is 0.0625. The summed E-state index contributed by atoms with van der Waals surface area (Å²) in [6, 6.07) is 0.190. The predicted octanol–water partition coefficient (Wildman–Crippen LogP) is 2.17. The van der Waals surface area contributed by atoms with Crippen LogP contribution in [0.25, 0.3) is 0 Å². The number of hydrogen-bond acceptors (Lipinski definition) is 2. The van der Waals surface area contributed by atoms with Crippen LogP contribution in [0.2, 0.25) is 0 Å². The van der Waals surface area contributed by atoms with Gasteiger partial charge in [-0.2, -0.15) is 0 Å². The second-order valence-corrected chi connectivity index (χ2v) is 4.49. The van der Waals surface area contributed by atoms with Crippen LogP contribution in [0.15, 0.2) is 0 Å². The molecule has 1 aliphatic rings. The van der Waals surface area contributed by atoms with Gasteiger partial charge in [-0.25, -0.2) is 4.79 Å². The van der Waals surface area contributed by atoms with Crippen molar-refractivity contribution in [3.63, 3.8) is 0 Å². The van der Waals surface area contributed by atoms with E-state index in [0.29, 0.717) is 11.8 Å². The van der Waals surface area contributed by atoms with Crippen LogP contribution in [0.1, 0.15) is 34.1 Å². The second kappa shape index (κ2) is 3.99. The normalized spacial score (nSPS) is 28.0. The van der Waals surface area contributed by atoms with Crippen LogP contribution in [-0.2, 0) is 4.74 Å². The molecule has 0 aliphatic carbocycles. The first-order valence-electron chi connectivity index (χ1n) is 4.98. The molecule has 0 aromatic carbocycles. The van der Waals surface area contributed by atoms with Crippen molar-refractivity contribution in [2.45, 2.75) is 46.3 Å². The standard InChI is InChI=1S/C10H19NO2/c1-6(2)5-8-9(7(3)4)11-10(12)13-8/h6-9H,5H2,1-4H3,(H,11,12)/t8-,9+/m1/s1. The summed E-state index contributed by atoms with van der Waals surface area (Å²) in [6.45, 7) is 8.49. The van der Waals surface area contributed by atoms with Crippen molar-refractivity contribution >= 4 is 6.09 Å². The molecule has 1 N–H and O–H groups in total. The molecule has 0 aromatic rings. The van der Waals surface area contributed by atoms with E-state index in [0.717, 1.165) is 6.42 Å². The van der Waals surface area contributed by atoms with E-state index in [1.165, 1.54) is 0 Å². The van der Waals surface area contributed by atoms with Gasteiger partial charge in [0, 0.05) is 0 Å². The highest BCUT2D eigenvalue weighted by atomic mass is 16.6. The van der Waals surface area contributed by atoms with Gasteiger partial charge < -0.3 is 10.1 Å². The number of carbonyl (C=O) groups excluding carboxylic acids is 1. The van der Waals surface area contributed by atoms with Crippen molar-refractivity contribution in [3.05, 3.63) is 0 Å². The summed E-state index contributed by atoms with van der Waals surface area (Å²) in [4.78, 5) is 11.0. The van der Waals surface area contributed by atoms with Gasteiger partial charge in [0.1, 0.15) is 6.10 Å². The molecule has 1 heterocycles. The second-order valence-electron chi connectivity index (χ2n) is 4.49. The first-order valence-corrected chi connectivity index (χ1v) is 4.98. The maximum absolute atomic E-state index is 11.0. The number of carbonyl (C=O) groups is 1. The summed E-state index contributed by atoms with van der Waals surface area (Å²) in [5, 5.41) is 2.85. The Kier molecular flexibility index (Phi) is 3.17. The summed E-state index contributed by atoms with van der Waals surface area (Å²) in [5.74, 6) is 1.01. The highest BCUT2D eigenvalue weighted by Crippen LogP contribution is 2.21. The Morgan fingerprint density at radius 3 is 2.46 bits per heavy atom. The van der Waals surface area contributed by atoms with E-state index in [4.69, 9.17) is 4.74 Å². The van der Waals surface area contributed by atoms with Crippen LogP contribution in [0, 0.1) is 11.8 Å². The Bertz CT molecular complexity index is 189. The van der Waals surface area contributed by atoms with Gasteiger partial charge in [0.05, 0.1) is 6.04 Å². The number of alkyl carbamates (subject to hydrolysis) is 1. The fourth-order valence-corrected chi connectivity index (χ4v) is 1.73. The molecule has 2 atom stereocenters. The lowest BCUT2D eigenvalue weighted by Crippen LogP contribution is -2.36. The topological polar surface area (TPSA) is 38.3 Å². The van der Waals surface area contributed by atoms with Crippen LogP contribution in [0.3, 0.4) is 0 Å². The number of ether oxygens (including phenoxy) is 1. The van der Waals surface area contributed by atoms with E-state index in [-0.39, 0.29) is 18.2 Å². The van der Waals surface area contributed by atoms with Crippen LogP contribution < -0.4 is 5.32 Å². The number of nitrogens with one attached hydrogen (secondary N) is 1. The zero-order valence-electron chi connectivity index (χ0n) is 8.83. The smallest absolute Gasteiger partial charge is 0.407 e. The Balaban J connectivity index is 2.55. The maximum Gasteiger partial charge on any atom is 0.407 e. The van der Waals surface area contributed by atoms with Crippen molar-refractivity contribution < 1.29 is 9.53 Å². The van der Waals surface area contributed by atoms with Gasteiger partial charge in [-0.05, 0) is 18.3 Å². The van der Waals surface area contributed by atoms with Gasteiger partial charge in [0.15, 0.2) is 0 Å². The number of amides is 1. The molecule has 0 unspecified atom stereocenters. The lowest BCUT2D eigenvalue weighted by atomic mass is 9.93. The SMILES string of the molecule is CC(C)C[C@H]1OC(=O)N[C@H]1C(C)C. The molecule has 1 fully saturated rings. The Hall–Kier alpha value is -0.730. The van der Waals surface area contributed by atoms with Gasteiger partial charge in [-0.15, -0.1) is 0 Å². The molecule has 76 valence electrons. The molecule has 0 radical (unpaired) electrons. The number of cyclic esters (lactones) is 1. The molecule has 1 amide bonds. The Morgan fingerprint density at radius 2 is 2.00 bits per heavy atom. The zero-order valence-corrected chi connectivity index (χ0v) is 8.83. The highest BCUT2D eigenvalue weighted by molar-refractivity contribution is 5.70. The minimum Gasteiger partial charge on any atom is -0.444 e. The fourth-order valence-electron chi connectivity index (χ4n) is 1.73. The van der Waals surface area contributed by atoms with E-state index < -0.39 is 0 Å². The third-order valence-corrected chi connectivity index (χ3v) is 2.37. The molecule has 3 nitrogen and oxygen atoms in total. The number of rotatable bonds is 3. The third kappa shape index (κ3) is 2.61. The monoisotopic (exact) mass is 185 g/mol. The third-order valence-electron chi connectivity index (χ3n) is 2.37. The van der Waals surface area contributed by atoms with E-state index in [1.807, 2.05) is 0 Å². The molecule has 0 bridgehead atoms. The van der Waals surface area contributed by atoms with Gasteiger partial charge in [0.2, 0.25) is 0 Å². The summed E-state index contributed by atoms with van der Waals surface area (Å²) >= 11 is 0. The van der Waals surface area contributed by atoms with Gasteiger partial charge in [0.25, 0.3) is 0 Å². The maximum atomic E-state index is 11.0. The largest absolute Gasteiger partial charge is 0.444 e. The molecule has 0 saturated carbocycles. The van der Waals surface area contributed by atoms with E-state index in [1.54, 1.807) is 0 Å². The first kappa shape index (κ1) is 10.4. The van der Waals surface area contributed by atoms with Crippen molar-refractivity contribution in [1.29, 1.82) is 0 Å². The Morgan fingerprint density at radius 1 is 1.38 bits per heavy atom. The number of hydrogen-bond donors (Lipinski definition) is 1. The van der Waals surface area contributed by atoms with Crippen LogP contribution >= 0.6 is 0 Å². The molecule has 3 heteroatoms. The van der Waals surface area contributed by atoms with E-state index in [2.05, 4.69) is 33.0 Å². The summed E-state index contributed by atoms with van der Waals surface area (Å²) in [7, 11) is 0. The van der Waals surface area contributed by atoms with E-state index >= 15 is 0 Å². The molecular weight excluding hydrogens is 166 g/mol. The van der Waals surface area contributed by atoms with Crippen LogP contribution in [0.4, 0.5) is 4.79 Å². The first-order chi connectivity index (χ1) is 6.00. The van der Waals surface area contributed by atoms with E-state index in [9.17, 15) is 4.79 Å². The molecule has 0 aromatic heterocycles. The molecule has 0 spiro atoms. The quantitative estimate of drug-likeness (QED) is 0.731. The van der Waals surface area contributed by atoms with Crippen LogP contribution in [0.5, 0.6) is 0 Å². The van der Waals surface area contributed by atoms with Crippen molar-refractivity contribution in [1.82, 2.24) is 5.32 Å². The average molecular weight is 185 g/mol. The lowest BCUT2D eigenvalue weighted by Gasteiger charge is -2.21. The molecule has 1 aliphatic heterocycles. The summed E-state index contributed by atoms with van der Waals surface area (Å²) in [6.07, 6.45) is 0.749. The van der Waals surface area contributed by atoms with Gasteiger partial charge in [-0.1, -0.05) is 27.7 Å². The molecule has 13 heavy (non-hydrogen) atoms. The zero-order chi connectivity index (χ0) is 10.0. The lowest BCUT2D eigenvalue weighted by molar-refractivity contribution is 0.110. The molecular formula is C10H19NO2. The summed E-state index contributed by atoms with van der Waals surface area (Å²) < 4.78 is 5.20. The Labute approximate surface area is 79.8 Å². The fraction of sp³-hybridized carbons (Fsp3) is 0.900. The van der Waals surface area contributed by atoms with Gasteiger partial charge in [-0.3, -0.25) is 0 Å². The van der Waals surface area contributed by atoms with Gasteiger partial charge >= 0.3 is 6.09 Å². The van der Waals surface area contributed by atoms with Crippen molar-refractivity contribution in [3.8, 4) is 0 Å². The minimum atomic E-state index is -0.260. The average Bonchev–Trinajstić information content (AvgIpc) is 2.29. The van der Waals surface area contributed by atoms with Crippen molar-refractivity contribution in [2.24, 2.45) is 11.8 Å². The van der Waals surface area contributed by atoms with Crippen LogP contribution in [-0.4, -0.2) is 18.2 Å². The molecule has 1 rings (SSSR count).